The quantitative estimate of drug-likeness (QED) is 0.747. The van der Waals surface area contributed by atoms with Crippen molar-refractivity contribution in [3.05, 3.63) is 41.4 Å². The lowest BCUT2D eigenvalue weighted by Crippen LogP contribution is -2.05. The summed E-state index contributed by atoms with van der Waals surface area (Å²) in [5.41, 5.74) is 9.53. The van der Waals surface area contributed by atoms with Crippen LogP contribution < -0.4 is 5.73 Å². The summed E-state index contributed by atoms with van der Waals surface area (Å²) in [6, 6.07) is 5.83. The van der Waals surface area contributed by atoms with Crippen molar-refractivity contribution in [1.82, 2.24) is 14.5 Å². The third-order valence-corrected chi connectivity index (χ3v) is 3.69. The molecule has 0 bridgehead atoms. The highest BCUT2D eigenvalue weighted by Gasteiger charge is 2.14. The summed E-state index contributed by atoms with van der Waals surface area (Å²) in [5.74, 6) is 2.64. The first-order valence-corrected chi connectivity index (χ1v) is 7.26. The minimum atomic E-state index is 0.602. The molecule has 2 aromatic heterocycles. The van der Waals surface area contributed by atoms with E-state index in [-0.39, 0.29) is 0 Å². The maximum absolute atomic E-state index is 5.85. The maximum Gasteiger partial charge on any atom is 0.214 e. The highest BCUT2D eigenvalue weighted by Crippen LogP contribution is 2.22. The normalized spacial score (nSPS) is 11.4. The van der Waals surface area contributed by atoms with Crippen molar-refractivity contribution in [3.63, 3.8) is 0 Å². The number of anilines is 1. The fourth-order valence-electron chi connectivity index (χ4n) is 2.53. The number of hydrogen-bond acceptors (Lipinski definition) is 4. The van der Waals surface area contributed by atoms with Crippen LogP contribution in [0.5, 0.6) is 0 Å². The third kappa shape index (κ3) is 2.51. The Kier molecular flexibility index (Phi) is 3.41. The lowest BCUT2D eigenvalue weighted by atomic mass is 10.3. The van der Waals surface area contributed by atoms with Gasteiger partial charge in [-0.2, -0.15) is 0 Å². The number of oxazole rings is 1. The number of benzene rings is 1. The Morgan fingerprint density at radius 2 is 2.05 bits per heavy atom. The summed E-state index contributed by atoms with van der Waals surface area (Å²) in [4.78, 5) is 9.17. The Balaban J connectivity index is 2.08. The van der Waals surface area contributed by atoms with Crippen molar-refractivity contribution < 1.29 is 4.42 Å². The standard InChI is InChI=1S/C16H20N4O/c1-4-5-15-19-13-8-12(17)6-7-14(13)20(15)9-16-18-10(2)11(3)21-16/h6-8H,4-5,9,17H2,1-3H3. The van der Waals surface area contributed by atoms with E-state index < -0.39 is 0 Å². The first-order chi connectivity index (χ1) is 10.1. The number of hydrogen-bond donors (Lipinski definition) is 1. The van der Waals surface area contributed by atoms with Gasteiger partial charge < -0.3 is 14.7 Å². The van der Waals surface area contributed by atoms with Crippen LogP contribution >= 0.6 is 0 Å². The van der Waals surface area contributed by atoms with Crippen LogP contribution in [0.15, 0.2) is 22.6 Å². The van der Waals surface area contributed by atoms with Crippen molar-refractivity contribution in [2.45, 2.75) is 40.2 Å². The highest BCUT2D eigenvalue weighted by molar-refractivity contribution is 5.79. The molecule has 2 heterocycles. The molecular weight excluding hydrogens is 264 g/mol. The van der Waals surface area contributed by atoms with Crippen LogP contribution in [0.25, 0.3) is 11.0 Å². The third-order valence-electron chi connectivity index (χ3n) is 3.69. The summed E-state index contributed by atoms with van der Waals surface area (Å²) in [6.45, 7) is 6.65. The minimum absolute atomic E-state index is 0.602. The monoisotopic (exact) mass is 284 g/mol. The van der Waals surface area contributed by atoms with Gasteiger partial charge in [-0.3, -0.25) is 0 Å². The van der Waals surface area contributed by atoms with Crippen LogP contribution in [0.4, 0.5) is 5.69 Å². The van der Waals surface area contributed by atoms with E-state index in [2.05, 4.69) is 16.5 Å². The number of fused-ring (bicyclic) bond motifs is 1. The molecule has 0 spiro atoms. The molecule has 2 N–H and O–H groups in total. The Morgan fingerprint density at radius 3 is 2.71 bits per heavy atom. The van der Waals surface area contributed by atoms with Gasteiger partial charge in [-0.15, -0.1) is 0 Å². The van der Waals surface area contributed by atoms with Gasteiger partial charge in [0.1, 0.15) is 18.1 Å². The summed E-state index contributed by atoms with van der Waals surface area (Å²) >= 11 is 0. The number of nitrogens with two attached hydrogens (primary N) is 1. The first kappa shape index (κ1) is 13.7. The molecule has 5 heteroatoms. The number of aromatic nitrogens is 3. The minimum Gasteiger partial charge on any atom is -0.444 e. The molecule has 3 aromatic rings. The van der Waals surface area contributed by atoms with E-state index in [1.54, 1.807) is 0 Å². The van der Waals surface area contributed by atoms with Gasteiger partial charge in [0.15, 0.2) is 0 Å². The second-order valence-electron chi connectivity index (χ2n) is 5.36. The summed E-state index contributed by atoms with van der Waals surface area (Å²) in [7, 11) is 0. The van der Waals surface area contributed by atoms with Crippen LogP contribution in [0, 0.1) is 13.8 Å². The van der Waals surface area contributed by atoms with Gasteiger partial charge in [0.2, 0.25) is 5.89 Å². The zero-order valence-corrected chi connectivity index (χ0v) is 12.7. The zero-order valence-electron chi connectivity index (χ0n) is 12.7. The van der Waals surface area contributed by atoms with Crippen LogP contribution in [0.3, 0.4) is 0 Å². The Bertz CT molecular complexity index is 766. The number of aryl methyl sites for hydroxylation is 3. The number of nitrogen functional groups attached to an aromatic ring is 1. The van der Waals surface area contributed by atoms with E-state index in [4.69, 9.17) is 15.1 Å². The van der Waals surface area contributed by atoms with Gasteiger partial charge in [-0.05, 0) is 38.5 Å². The van der Waals surface area contributed by atoms with E-state index in [9.17, 15) is 0 Å². The van der Waals surface area contributed by atoms with Crippen molar-refractivity contribution >= 4 is 16.7 Å². The van der Waals surface area contributed by atoms with Crippen LogP contribution in [0.1, 0.15) is 36.5 Å². The average molecular weight is 284 g/mol. The number of imidazole rings is 1. The van der Waals surface area contributed by atoms with Gasteiger partial charge in [0, 0.05) is 12.1 Å². The summed E-state index contributed by atoms with van der Waals surface area (Å²) in [6.07, 6.45) is 1.97. The molecule has 0 unspecified atom stereocenters. The molecule has 0 aliphatic rings. The molecule has 3 rings (SSSR count). The molecule has 0 aliphatic heterocycles. The zero-order chi connectivity index (χ0) is 15.0. The Morgan fingerprint density at radius 1 is 1.24 bits per heavy atom. The molecule has 1 aromatic carbocycles. The predicted molar refractivity (Wildman–Crippen MR) is 83.2 cm³/mol. The van der Waals surface area contributed by atoms with Crippen LogP contribution in [0.2, 0.25) is 0 Å². The van der Waals surface area contributed by atoms with E-state index in [1.165, 1.54) is 0 Å². The molecule has 110 valence electrons. The van der Waals surface area contributed by atoms with Gasteiger partial charge in [-0.25, -0.2) is 9.97 Å². The van der Waals surface area contributed by atoms with Crippen LogP contribution in [-0.2, 0) is 13.0 Å². The van der Waals surface area contributed by atoms with Crippen LogP contribution in [-0.4, -0.2) is 14.5 Å². The molecule has 5 nitrogen and oxygen atoms in total. The van der Waals surface area contributed by atoms with Gasteiger partial charge >= 0.3 is 0 Å². The molecule has 21 heavy (non-hydrogen) atoms. The molecule has 0 aliphatic carbocycles. The fraction of sp³-hybridized carbons (Fsp3) is 0.375. The Labute approximate surface area is 123 Å². The summed E-state index contributed by atoms with van der Waals surface area (Å²) < 4.78 is 7.88. The SMILES string of the molecule is CCCc1nc2cc(N)ccc2n1Cc1nc(C)c(C)o1. The van der Waals surface area contributed by atoms with Crippen molar-refractivity contribution in [2.75, 3.05) is 5.73 Å². The van der Waals surface area contributed by atoms with Crippen molar-refractivity contribution in [1.29, 1.82) is 0 Å². The second kappa shape index (κ2) is 5.24. The molecule has 0 saturated carbocycles. The van der Waals surface area contributed by atoms with Crippen molar-refractivity contribution in [3.8, 4) is 0 Å². The number of nitrogens with zero attached hydrogens (tertiary/aromatic N) is 3. The van der Waals surface area contributed by atoms with E-state index in [0.717, 1.165) is 52.7 Å². The molecule has 0 amide bonds. The maximum atomic E-state index is 5.85. The molecule has 0 saturated heterocycles. The van der Waals surface area contributed by atoms with E-state index in [1.807, 2.05) is 32.0 Å². The second-order valence-corrected chi connectivity index (χ2v) is 5.36. The largest absolute Gasteiger partial charge is 0.444 e. The number of rotatable bonds is 4. The van der Waals surface area contributed by atoms with Gasteiger partial charge in [0.25, 0.3) is 0 Å². The molecule has 0 atom stereocenters. The van der Waals surface area contributed by atoms with Gasteiger partial charge in [-0.1, -0.05) is 6.92 Å². The average Bonchev–Trinajstić information content (AvgIpc) is 2.92. The first-order valence-electron chi connectivity index (χ1n) is 7.26. The van der Waals surface area contributed by atoms with Gasteiger partial charge in [0.05, 0.1) is 16.7 Å². The summed E-state index contributed by atoms with van der Waals surface area (Å²) in [5, 5.41) is 0. The fourth-order valence-corrected chi connectivity index (χ4v) is 2.53. The predicted octanol–water partition coefficient (Wildman–Crippen LogP) is 3.22. The topological polar surface area (TPSA) is 69.9 Å². The lowest BCUT2D eigenvalue weighted by molar-refractivity contribution is 0.455. The molecule has 0 radical (unpaired) electrons. The van der Waals surface area contributed by atoms with E-state index >= 15 is 0 Å². The Hall–Kier alpha value is -2.30. The lowest BCUT2D eigenvalue weighted by Gasteiger charge is -2.06. The smallest absolute Gasteiger partial charge is 0.214 e. The highest BCUT2D eigenvalue weighted by atomic mass is 16.4. The van der Waals surface area contributed by atoms with E-state index in [0.29, 0.717) is 6.54 Å². The molecule has 0 fully saturated rings. The van der Waals surface area contributed by atoms with Crippen molar-refractivity contribution in [2.24, 2.45) is 0 Å². The molecular formula is C16H20N4O.